The molecule has 1 aliphatic rings. The Balaban J connectivity index is 1.95. The fraction of sp³-hybridized carbons (Fsp3) is 0.238. The Kier molecular flexibility index (Phi) is 4.61. The Morgan fingerprint density at radius 2 is 1.58 bits per heavy atom. The molecule has 1 amide bonds. The van der Waals surface area contributed by atoms with Crippen LogP contribution in [0.15, 0.2) is 71.4 Å². The van der Waals surface area contributed by atoms with E-state index in [1.165, 1.54) is 16.8 Å². The normalized spacial score (nSPS) is 16.3. The van der Waals surface area contributed by atoms with E-state index in [1.54, 1.807) is 12.1 Å². The summed E-state index contributed by atoms with van der Waals surface area (Å²) >= 11 is 0. The molecule has 0 N–H and O–H groups in total. The summed E-state index contributed by atoms with van der Waals surface area (Å²) in [6.07, 6.45) is 0.687. The Bertz CT molecular complexity index is 789. The zero-order chi connectivity index (χ0) is 17.1. The molecule has 2 aromatic carbocycles. The molecule has 0 aromatic heterocycles. The van der Waals surface area contributed by atoms with E-state index in [4.69, 9.17) is 0 Å². The maximum Gasteiger partial charge on any atom is 0.278 e. The van der Waals surface area contributed by atoms with Gasteiger partial charge in [-0.3, -0.25) is 4.79 Å². The highest BCUT2D eigenvalue weighted by molar-refractivity contribution is 6.08. The van der Waals surface area contributed by atoms with E-state index in [2.05, 4.69) is 35.9 Å². The van der Waals surface area contributed by atoms with Crippen molar-refractivity contribution >= 4 is 17.3 Å². The molecule has 3 rings (SSSR count). The number of hydrogen-bond donors (Lipinski definition) is 0. The third-order valence-corrected chi connectivity index (χ3v) is 4.31. The van der Waals surface area contributed by atoms with E-state index in [-0.39, 0.29) is 5.91 Å². The molecule has 0 saturated carbocycles. The smallest absolute Gasteiger partial charge is 0.278 e. The van der Waals surface area contributed by atoms with Gasteiger partial charge in [0.25, 0.3) is 5.91 Å². The summed E-state index contributed by atoms with van der Waals surface area (Å²) in [7, 11) is 2.00. The number of rotatable bonds is 3. The average molecular weight is 318 g/mol. The minimum atomic E-state index is -0.185. The van der Waals surface area contributed by atoms with E-state index in [0.717, 1.165) is 5.84 Å². The number of nitrogens with zero attached hydrogens (tertiary/aromatic N) is 2. The van der Waals surface area contributed by atoms with Gasteiger partial charge in [-0.2, -0.15) is 4.99 Å². The lowest BCUT2D eigenvalue weighted by Gasteiger charge is -2.21. The van der Waals surface area contributed by atoms with Crippen LogP contribution in [0.1, 0.15) is 36.2 Å². The van der Waals surface area contributed by atoms with Gasteiger partial charge in [0.2, 0.25) is 0 Å². The first kappa shape index (κ1) is 16.2. The molecule has 3 nitrogen and oxygen atoms in total. The number of allylic oxidation sites excluding steroid dienone is 1. The van der Waals surface area contributed by atoms with Crippen LogP contribution in [0.4, 0.5) is 0 Å². The summed E-state index contributed by atoms with van der Waals surface area (Å²) < 4.78 is 0. The van der Waals surface area contributed by atoms with E-state index in [1.807, 2.05) is 43.4 Å². The maximum atomic E-state index is 12.4. The first-order valence-corrected chi connectivity index (χ1v) is 8.27. The molecule has 0 saturated heterocycles. The van der Waals surface area contributed by atoms with Gasteiger partial charge in [-0.25, -0.2) is 0 Å². The molecule has 0 atom stereocenters. The van der Waals surface area contributed by atoms with Crippen LogP contribution in [0.2, 0.25) is 0 Å². The summed E-state index contributed by atoms with van der Waals surface area (Å²) in [6.45, 7) is 4.35. The molecule has 122 valence electrons. The van der Waals surface area contributed by atoms with Crippen molar-refractivity contribution in [1.82, 2.24) is 4.90 Å². The van der Waals surface area contributed by atoms with Crippen LogP contribution in [0.3, 0.4) is 0 Å². The molecule has 0 unspecified atom stereocenters. The second-order valence-corrected chi connectivity index (χ2v) is 6.32. The topological polar surface area (TPSA) is 32.7 Å². The fourth-order valence-electron chi connectivity index (χ4n) is 3.21. The quantitative estimate of drug-likeness (QED) is 0.826. The van der Waals surface area contributed by atoms with Gasteiger partial charge in [-0.1, -0.05) is 62.4 Å². The van der Waals surface area contributed by atoms with E-state index in [9.17, 15) is 4.79 Å². The SMILES string of the molecule is CC(C)C1=C(c2ccccc2)CC(=NC(=O)c2ccccc2)N1C. The lowest BCUT2D eigenvalue weighted by atomic mass is 9.98. The average Bonchev–Trinajstić information content (AvgIpc) is 2.93. The molecule has 0 fully saturated rings. The number of hydrogen-bond acceptors (Lipinski definition) is 1. The molecule has 0 aliphatic carbocycles. The number of amides is 1. The van der Waals surface area contributed by atoms with Crippen LogP contribution in [-0.4, -0.2) is 23.7 Å². The van der Waals surface area contributed by atoms with Gasteiger partial charge in [-0.05, 0) is 29.2 Å². The number of carbonyl (C=O) groups is 1. The van der Waals surface area contributed by atoms with Crippen LogP contribution < -0.4 is 0 Å². The second-order valence-electron chi connectivity index (χ2n) is 6.32. The summed E-state index contributed by atoms with van der Waals surface area (Å²) in [6, 6.07) is 19.6. The lowest BCUT2D eigenvalue weighted by Crippen LogP contribution is -2.23. The minimum Gasteiger partial charge on any atom is -0.336 e. The molecule has 1 heterocycles. The van der Waals surface area contributed by atoms with Gasteiger partial charge < -0.3 is 4.90 Å². The maximum absolute atomic E-state index is 12.4. The highest BCUT2D eigenvalue weighted by Crippen LogP contribution is 2.35. The van der Waals surface area contributed by atoms with Crippen molar-refractivity contribution in [2.45, 2.75) is 20.3 Å². The molecular weight excluding hydrogens is 296 g/mol. The number of carbonyl (C=O) groups excluding carboxylic acids is 1. The molecular formula is C21H22N2O. The van der Waals surface area contributed by atoms with Crippen molar-refractivity contribution in [2.24, 2.45) is 10.9 Å². The molecule has 2 aromatic rings. The van der Waals surface area contributed by atoms with Crippen molar-refractivity contribution in [3.63, 3.8) is 0 Å². The molecule has 24 heavy (non-hydrogen) atoms. The second kappa shape index (κ2) is 6.83. The fourth-order valence-corrected chi connectivity index (χ4v) is 3.21. The van der Waals surface area contributed by atoms with Gasteiger partial charge in [-0.15, -0.1) is 0 Å². The van der Waals surface area contributed by atoms with Crippen molar-refractivity contribution in [3.8, 4) is 0 Å². The molecule has 3 heteroatoms. The first-order valence-electron chi connectivity index (χ1n) is 8.27. The highest BCUT2D eigenvalue weighted by atomic mass is 16.1. The number of benzene rings is 2. The zero-order valence-corrected chi connectivity index (χ0v) is 14.4. The van der Waals surface area contributed by atoms with Crippen LogP contribution in [-0.2, 0) is 0 Å². The van der Waals surface area contributed by atoms with E-state index in [0.29, 0.717) is 17.9 Å². The van der Waals surface area contributed by atoms with Gasteiger partial charge in [0, 0.05) is 24.7 Å². The van der Waals surface area contributed by atoms with Gasteiger partial charge in [0.05, 0.1) is 0 Å². The molecule has 1 aliphatic heterocycles. The molecule has 0 bridgehead atoms. The summed E-state index contributed by atoms with van der Waals surface area (Å²) in [5.41, 5.74) is 4.32. The van der Waals surface area contributed by atoms with Crippen LogP contribution in [0, 0.1) is 5.92 Å². The van der Waals surface area contributed by atoms with Crippen LogP contribution in [0.5, 0.6) is 0 Å². The van der Waals surface area contributed by atoms with Crippen molar-refractivity contribution in [2.75, 3.05) is 7.05 Å². The van der Waals surface area contributed by atoms with Gasteiger partial charge in [0.15, 0.2) is 0 Å². The Labute approximate surface area is 143 Å². The summed E-state index contributed by atoms with van der Waals surface area (Å²) in [5.74, 6) is 0.992. The lowest BCUT2D eigenvalue weighted by molar-refractivity contribution is 0.100. The van der Waals surface area contributed by atoms with Crippen molar-refractivity contribution < 1.29 is 4.79 Å². The van der Waals surface area contributed by atoms with Gasteiger partial charge in [0.1, 0.15) is 5.84 Å². The van der Waals surface area contributed by atoms with Crippen molar-refractivity contribution in [1.29, 1.82) is 0 Å². The third-order valence-electron chi connectivity index (χ3n) is 4.31. The Hall–Kier alpha value is -2.68. The monoisotopic (exact) mass is 318 g/mol. The predicted molar refractivity (Wildman–Crippen MR) is 98.8 cm³/mol. The van der Waals surface area contributed by atoms with E-state index < -0.39 is 0 Å². The summed E-state index contributed by atoms with van der Waals surface area (Å²) in [5, 5.41) is 0. The molecule has 0 spiro atoms. The Morgan fingerprint density at radius 1 is 1.00 bits per heavy atom. The van der Waals surface area contributed by atoms with Crippen molar-refractivity contribution in [3.05, 3.63) is 77.5 Å². The van der Waals surface area contributed by atoms with Crippen LogP contribution in [0.25, 0.3) is 5.57 Å². The minimum absolute atomic E-state index is 0.185. The zero-order valence-electron chi connectivity index (χ0n) is 14.4. The highest BCUT2D eigenvalue weighted by Gasteiger charge is 2.28. The van der Waals surface area contributed by atoms with E-state index >= 15 is 0 Å². The number of amidine groups is 1. The standard InChI is InChI=1S/C21H22N2O/c1-15(2)20-18(16-10-6-4-7-11-16)14-19(23(20)3)22-21(24)17-12-8-5-9-13-17/h4-13,15H,14H2,1-3H3. The van der Waals surface area contributed by atoms with Gasteiger partial charge >= 0.3 is 0 Å². The largest absolute Gasteiger partial charge is 0.336 e. The Morgan fingerprint density at radius 3 is 2.17 bits per heavy atom. The third kappa shape index (κ3) is 3.16. The van der Waals surface area contributed by atoms with Crippen LogP contribution >= 0.6 is 0 Å². The number of aliphatic imine (C=N–C) groups is 1. The molecule has 0 radical (unpaired) electrons. The predicted octanol–water partition coefficient (Wildman–Crippen LogP) is 4.63. The first-order chi connectivity index (χ1) is 11.6. The summed E-state index contributed by atoms with van der Waals surface area (Å²) in [4.78, 5) is 18.9.